The molecule has 2 aromatic rings. The molecule has 0 radical (unpaired) electrons. The Morgan fingerprint density at radius 2 is 2.30 bits per heavy atom. The Hall–Kier alpha value is -3.33. The third-order valence-electron chi connectivity index (χ3n) is 5.34. The Bertz CT molecular complexity index is 1010. The van der Waals surface area contributed by atoms with Crippen molar-refractivity contribution in [3.8, 4) is 5.75 Å². The number of hydrogen-bond donors (Lipinski definition) is 1. The number of rotatable bonds is 8. The molecule has 9 heteroatoms. The molecular weight excluding hydrogens is 387 g/mol. The molecule has 2 aliphatic rings. The summed E-state index contributed by atoms with van der Waals surface area (Å²) in [5.41, 5.74) is 3.41. The Morgan fingerprint density at radius 3 is 3.07 bits per heavy atom. The van der Waals surface area contributed by atoms with Gasteiger partial charge in [0.2, 0.25) is 6.41 Å². The van der Waals surface area contributed by atoms with E-state index < -0.39 is 0 Å². The lowest BCUT2D eigenvalue weighted by Gasteiger charge is -2.23. The van der Waals surface area contributed by atoms with E-state index in [1.807, 2.05) is 10.6 Å². The molecule has 0 spiro atoms. The average Bonchev–Trinajstić information content (AvgIpc) is 3.43. The molecule has 1 aromatic carbocycles. The van der Waals surface area contributed by atoms with E-state index in [9.17, 15) is 9.18 Å². The maximum Gasteiger partial charge on any atom is 0.209 e. The molecule has 4 rings (SSSR count). The fourth-order valence-corrected chi connectivity index (χ4v) is 3.79. The van der Waals surface area contributed by atoms with Crippen LogP contribution in [0.1, 0.15) is 23.4 Å². The van der Waals surface area contributed by atoms with E-state index >= 15 is 0 Å². The second-order valence-corrected chi connectivity index (χ2v) is 7.12. The van der Waals surface area contributed by atoms with Gasteiger partial charge in [0.15, 0.2) is 5.82 Å². The van der Waals surface area contributed by atoms with Crippen LogP contribution in [0.15, 0.2) is 41.3 Å². The number of amides is 1. The first-order valence-corrected chi connectivity index (χ1v) is 9.78. The first-order chi connectivity index (χ1) is 14.7. The van der Waals surface area contributed by atoms with Crippen molar-refractivity contribution in [2.45, 2.75) is 26.1 Å². The van der Waals surface area contributed by atoms with E-state index in [4.69, 9.17) is 4.74 Å². The minimum absolute atomic E-state index is 0.237. The summed E-state index contributed by atoms with van der Waals surface area (Å²) in [6, 6.07) is 3.13. The second kappa shape index (κ2) is 9.00. The number of halogens is 1. The van der Waals surface area contributed by atoms with Crippen LogP contribution in [0, 0.1) is 5.82 Å². The van der Waals surface area contributed by atoms with Crippen molar-refractivity contribution in [2.24, 2.45) is 4.99 Å². The van der Waals surface area contributed by atoms with Gasteiger partial charge in [-0.05, 0) is 30.8 Å². The van der Waals surface area contributed by atoms with Gasteiger partial charge < -0.3 is 14.2 Å². The van der Waals surface area contributed by atoms with Gasteiger partial charge in [-0.3, -0.25) is 15.1 Å². The zero-order valence-corrected chi connectivity index (χ0v) is 16.6. The first-order valence-electron chi connectivity index (χ1n) is 9.78. The maximum absolute atomic E-state index is 14.3. The van der Waals surface area contributed by atoms with Gasteiger partial charge in [-0.15, -0.1) is 10.2 Å². The molecule has 1 N–H and O–H groups in total. The highest BCUT2D eigenvalue weighted by Crippen LogP contribution is 2.30. The predicted molar refractivity (Wildman–Crippen MR) is 110 cm³/mol. The van der Waals surface area contributed by atoms with E-state index in [0.29, 0.717) is 57.1 Å². The molecule has 30 heavy (non-hydrogen) atoms. The number of allylic oxidation sites excluding steroid dienone is 1. The van der Waals surface area contributed by atoms with Gasteiger partial charge in [-0.25, -0.2) is 4.39 Å². The van der Waals surface area contributed by atoms with E-state index in [1.54, 1.807) is 23.5 Å². The van der Waals surface area contributed by atoms with Crippen molar-refractivity contribution in [3.05, 3.63) is 59.1 Å². The summed E-state index contributed by atoms with van der Waals surface area (Å²) < 4.78 is 21.7. The second-order valence-electron chi connectivity index (χ2n) is 7.12. The lowest BCUT2D eigenvalue weighted by atomic mass is 9.99. The van der Waals surface area contributed by atoms with Crippen molar-refractivity contribution in [2.75, 3.05) is 19.7 Å². The van der Waals surface area contributed by atoms with E-state index in [-0.39, 0.29) is 5.82 Å². The average molecular weight is 410 g/mol. The molecule has 1 amide bonds. The lowest BCUT2D eigenvalue weighted by molar-refractivity contribution is -0.117. The minimum atomic E-state index is -0.237. The molecule has 0 saturated carbocycles. The fraction of sp³-hybridized carbons (Fsp3) is 0.333. The summed E-state index contributed by atoms with van der Waals surface area (Å²) in [6.07, 6.45) is 7.52. The van der Waals surface area contributed by atoms with Gasteiger partial charge in [0.1, 0.15) is 17.9 Å². The molecule has 2 aliphatic heterocycles. The third-order valence-corrected chi connectivity index (χ3v) is 5.34. The molecule has 156 valence electrons. The highest BCUT2D eigenvalue weighted by Gasteiger charge is 2.21. The molecule has 0 saturated heterocycles. The van der Waals surface area contributed by atoms with Crippen LogP contribution >= 0.6 is 0 Å². The summed E-state index contributed by atoms with van der Waals surface area (Å²) >= 11 is 0. The highest BCUT2D eigenvalue weighted by atomic mass is 19.1. The molecule has 0 aliphatic carbocycles. The van der Waals surface area contributed by atoms with Crippen molar-refractivity contribution >= 4 is 18.7 Å². The minimum Gasteiger partial charge on any atom is -0.493 e. The SMILES string of the molecule is C=N/C=C(/C1=CCN(C=O)CC1)c1nncn1CNCc1c(F)ccc2c1CCO2. The van der Waals surface area contributed by atoms with Crippen LogP contribution in [-0.2, 0) is 24.4 Å². The number of benzene rings is 1. The molecule has 0 bridgehead atoms. The number of carbonyl (C=O) groups is 1. The van der Waals surface area contributed by atoms with Crippen LogP contribution in [0.25, 0.3) is 5.57 Å². The number of nitrogens with zero attached hydrogens (tertiary/aromatic N) is 5. The molecule has 1 aromatic heterocycles. The zero-order chi connectivity index (χ0) is 20.9. The number of nitrogens with one attached hydrogen (secondary N) is 1. The van der Waals surface area contributed by atoms with Crippen molar-refractivity contribution < 1.29 is 13.9 Å². The van der Waals surface area contributed by atoms with Crippen LogP contribution in [0.3, 0.4) is 0 Å². The fourth-order valence-electron chi connectivity index (χ4n) is 3.79. The van der Waals surface area contributed by atoms with Crippen LogP contribution in [-0.4, -0.2) is 52.5 Å². The number of aromatic nitrogens is 3. The number of hydrogen-bond acceptors (Lipinski definition) is 6. The van der Waals surface area contributed by atoms with Crippen LogP contribution in [0.5, 0.6) is 5.75 Å². The molecule has 0 unspecified atom stereocenters. The normalized spacial score (nSPS) is 16.1. The Kier molecular flexibility index (Phi) is 5.99. The van der Waals surface area contributed by atoms with Gasteiger partial charge in [0, 0.05) is 49.0 Å². The molecule has 3 heterocycles. The summed E-state index contributed by atoms with van der Waals surface area (Å²) in [4.78, 5) is 16.6. The number of aliphatic imine (C=N–C) groups is 1. The van der Waals surface area contributed by atoms with Gasteiger partial charge in [-0.1, -0.05) is 6.08 Å². The summed E-state index contributed by atoms with van der Waals surface area (Å²) in [5.74, 6) is 1.16. The smallest absolute Gasteiger partial charge is 0.209 e. The van der Waals surface area contributed by atoms with E-state index in [0.717, 1.165) is 28.9 Å². The van der Waals surface area contributed by atoms with Gasteiger partial charge in [0.25, 0.3) is 0 Å². The molecular formula is C21H23FN6O2. The van der Waals surface area contributed by atoms with Crippen molar-refractivity contribution in [1.82, 2.24) is 25.0 Å². The Balaban J connectivity index is 1.49. The summed E-state index contributed by atoms with van der Waals surface area (Å²) in [7, 11) is 0. The van der Waals surface area contributed by atoms with Crippen LogP contribution < -0.4 is 10.1 Å². The third kappa shape index (κ3) is 4.02. The number of carbonyl (C=O) groups excluding carboxylic acids is 1. The predicted octanol–water partition coefficient (Wildman–Crippen LogP) is 1.93. The number of fused-ring (bicyclic) bond motifs is 1. The molecule has 0 atom stereocenters. The van der Waals surface area contributed by atoms with Crippen molar-refractivity contribution in [1.29, 1.82) is 0 Å². The maximum atomic E-state index is 14.3. The topological polar surface area (TPSA) is 84.6 Å². The highest BCUT2D eigenvalue weighted by molar-refractivity contribution is 5.76. The van der Waals surface area contributed by atoms with Crippen LogP contribution in [0.2, 0.25) is 0 Å². The lowest BCUT2D eigenvalue weighted by Crippen LogP contribution is -2.27. The van der Waals surface area contributed by atoms with Gasteiger partial charge in [0.05, 0.1) is 13.3 Å². The zero-order valence-electron chi connectivity index (χ0n) is 16.6. The molecule has 0 fully saturated rings. The standard InChI is InChI=1S/C21H23FN6O2/c1-23-10-17(15-4-7-27(14-29)8-5-15)21-26-25-13-28(21)12-24-11-18-16-6-9-30-20(16)3-2-19(18)22/h2-4,10,13-14,24H,1,5-9,11-12H2/b17-10-. The van der Waals surface area contributed by atoms with E-state index in [2.05, 4.69) is 27.2 Å². The van der Waals surface area contributed by atoms with Gasteiger partial charge >= 0.3 is 0 Å². The van der Waals surface area contributed by atoms with Gasteiger partial charge in [-0.2, -0.15) is 0 Å². The Labute approximate surface area is 173 Å². The first kappa shape index (κ1) is 20.0. The number of ether oxygens (including phenoxy) is 1. The van der Waals surface area contributed by atoms with E-state index in [1.165, 1.54) is 6.07 Å². The van der Waals surface area contributed by atoms with Crippen LogP contribution in [0.4, 0.5) is 4.39 Å². The largest absolute Gasteiger partial charge is 0.493 e. The summed E-state index contributed by atoms with van der Waals surface area (Å²) in [5, 5.41) is 11.6. The van der Waals surface area contributed by atoms with Crippen molar-refractivity contribution in [3.63, 3.8) is 0 Å². The summed E-state index contributed by atoms with van der Waals surface area (Å²) in [6.45, 7) is 6.09. The quantitative estimate of drug-likeness (QED) is 0.531. The monoisotopic (exact) mass is 410 g/mol. The molecule has 8 nitrogen and oxygen atoms in total. The Morgan fingerprint density at radius 1 is 1.40 bits per heavy atom.